The Bertz CT molecular complexity index is 374. The second-order valence-corrected chi connectivity index (χ2v) is 4.20. The summed E-state index contributed by atoms with van der Waals surface area (Å²) in [5.74, 6) is -1.89. The number of nitrogens with one attached hydrogen (secondary N) is 1. The van der Waals surface area contributed by atoms with E-state index in [1.807, 2.05) is 0 Å². The fraction of sp³-hybridized carbons (Fsp3) is 0.727. The number of esters is 1. The van der Waals surface area contributed by atoms with Crippen molar-refractivity contribution in [3.05, 3.63) is 0 Å². The minimum absolute atomic E-state index is 0.0204. The van der Waals surface area contributed by atoms with Gasteiger partial charge in [0.15, 0.2) is 12.2 Å². The number of urea groups is 1. The Morgan fingerprint density at radius 3 is 2.80 bits per heavy atom. The van der Waals surface area contributed by atoms with Crippen LogP contribution in [0.1, 0.15) is 6.42 Å². The zero-order valence-corrected chi connectivity index (χ0v) is 11.1. The average Bonchev–Trinajstić information content (AvgIpc) is 2.46. The first-order chi connectivity index (χ1) is 9.45. The molecular weight excluding hydrogens is 272 g/mol. The second-order valence-electron chi connectivity index (χ2n) is 4.20. The maximum atomic E-state index is 11.8. The van der Waals surface area contributed by atoms with Crippen LogP contribution in [-0.4, -0.2) is 78.6 Å². The summed E-state index contributed by atoms with van der Waals surface area (Å²) in [6.45, 7) is 0.623. The van der Waals surface area contributed by atoms with E-state index >= 15 is 0 Å². The van der Waals surface area contributed by atoms with Crippen LogP contribution < -0.4 is 5.32 Å². The Morgan fingerprint density at radius 1 is 1.50 bits per heavy atom. The van der Waals surface area contributed by atoms with E-state index in [0.717, 1.165) is 0 Å². The molecule has 2 atom stereocenters. The van der Waals surface area contributed by atoms with Gasteiger partial charge in [-0.25, -0.2) is 14.4 Å². The fourth-order valence-electron chi connectivity index (χ4n) is 1.66. The number of hydrogen-bond acceptors (Lipinski definition) is 6. The third kappa shape index (κ3) is 4.67. The van der Waals surface area contributed by atoms with Crippen LogP contribution in [0.5, 0.6) is 0 Å². The molecule has 1 rings (SSSR count). The minimum atomic E-state index is -1.51. The van der Waals surface area contributed by atoms with E-state index in [1.165, 1.54) is 12.0 Å². The molecule has 0 aliphatic carbocycles. The van der Waals surface area contributed by atoms with E-state index in [4.69, 9.17) is 14.9 Å². The first kappa shape index (κ1) is 16.2. The van der Waals surface area contributed by atoms with E-state index < -0.39 is 30.2 Å². The summed E-state index contributed by atoms with van der Waals surface area (Å²) in [4.78, 5) is 34.9. The molecular formula is C11H18N2O7. The Labute approximate surface area is 115 Å². The van der Waals surface area contributed by atoms with Crippen LogP contribution >= 0.6 is 0 Å². The van der Waals surface area contributed by atoms with E-state index in [1.54, 1.807) is 0 Å². The number of morpholine rings is 1. The number of rotatable bonds is 5. The lowest BCUT2D eigenvalue weighted by Crippen LogP contribution is -2.52. The maximum absolute atomic E-state index is 11.8. The molecule has 1 saturated heterocycles. The van der Waals surface area contributed by atoms with Crippen molar-refractivity contribution >= 4 is 18.0 Å². The number of aliphatic hydroxyl groups excluding tert-OH is 1. The molecule has 0 aromatic heterocycles. The normalized spacial score (nSPS) is 20.1. The molecule has 0 spiro atoms. The van der Waals surface area contributed by atoms with E-state index in [0.29, 0.717) is 6.54 Å². The van der Waals surface area contributed by atoms with Crippen molar-refractivity contribution in [1.82, 2.24) is 10.2 Å². The lowest BCUT2D eigenvalue weighted by atomic mass is 10.2. The van der Waals surface area contributed by atoms with E-state index in [9.17, 15) is 14.4 Å². The predicted octanol–water partition coefficient (Wildman–Crippen LogP) is -1.59. The summed E-state index contributed by atoms with van der Waals surface area (Å²) in [6.07, 6.45) is -2.42. The molecule has 3 N–H and O–H groups in total. The Balaban J connectivity index is 2.35. The zero-order valence-electron chi connectivity index (χ0n) is 11.1. The largest absolute Gasteiger partial charge is 0.479 e. The molecule has 114 valence electrons. The minimum Gasteiger partial charge on any atom is -0.479 e. The lowest BCUT2D eigenvalue weighted by Gasteiger charge is -2.31. The molecule has 0 aromatic carbocycles. The van der Waals surface area contributed by atoms with Crippen molar-refractivity contribution in [2.24, 2.45) is 0 Å². The third-order valence-electron chi connectivity index (χ3n) is 2.80. The smallest absolute Gasteiger partial charge is 0.336 e. The number of ether oxygens (including phenoxy) is 2. The molecule has 9 heteroatoms. The molecule has 1 aliphatic heterocycles. The van der Waals surface area contributed by atoms with Gasteiger partial charge in [-0.1, -0.05) is 0 Å². The first-order valence-corrected chi connectivity index (χ1v) is 6.08. The zero-order chi connectivity index (χ0) is 15.1. The highest BCUT2D eigenvalue weighted by Gasteiger charge is 2.29. The van der Waals surface area contributed by atoms with Gasteiger partial charge in [-0.05, 0) is 0 Å². The quantitative estimate of drug-likeness (QED) is 0.521. The van der Waals surface area contributed by atoms with Gasteiger partial charge in [0.25, 0.3) is 0 Å². The standard InChI is InChI=1S/C11H18N2O7/c1-19-10(17)8-6-13(4-5-20-8)11(18)12-3-2-7(14)9(15)16/h7-8,14H,2-6H2,1H3,(H,12,18)(H,15,16)/t7-,8?/m0/s1. The van der Waals surface area contributed by atoms with Gasteiger partial charge in [-0.2, -0.15) is 0 Å². The van der Waals surface area contributed by atoms with Crippen molar-refractivity contribution < 1.29 is 34.1 Å². The first-order valence-electron chi connectivity index (χ1n) is 6.08. The second kappa shape index (κ2) is 7.65. The number of nitrogens with zero attached hydrogens (tertiary/aromatic N) is 1. The van der Waals surface area contributed by atoms with Crippen molar-refractivity contribution in [2.75, 3.05) is 33.4 Å². The Kier molecular flexibility index (Phi) is 6.19. The van der Waals surface area contributed by atoms with Gasteiger partial charge in [-0.3, -0.25) is 0 Å². The molecule has 2 amide bonds. The van der Waals surface area contributed by atoms with Crippen molar-refractivity contribution in [1.29, 1.82) is 0 Å². The van der Waals surface area contributed by atoms with Crippen molar-refractivity contribution in [3.63, 3.8) is 0 Å². The molecule has 1 aliphatic rings. The number of carbonyl (C=O) groups excluding carboxylic acids is 2. The number of amides is 2. The summed E-state index contributed by atoms with van der Waals surface area (Å²) < 4.78 is 9.71. The number of carbonyl (C=O) groups is 3. The summed E-state index contributed by atoms with van der Waals surface area (Å²) in [5.41, 5.74) is 0. The lowest BCUT2D eigenvalue weighted by molar-refractivity contribution is -0.158. The topological polar surface area (TPSA) is 125 Å². The van der Waals surface area contributed by atoms with E-state index in [-0.39, 0.29) is 26.1 Å². The van der Waals surface area contributed by atoms with Crippen LogP contribution in [0, 0.1) is 0 Å². The summed E-state index contributed by atoms with van der Waals surface area (Å²) in [7, 11) is 1.23. The van der Waals surface area contributed by atoms with Gasteiger partial charge in [0.05, 0.1) is 20.3 Å². The van der Waals surface area contributed by atoms with Gasteiger partial charge in [0.2, 0.25) is 0 Å². The van der Waals surface area contributed by atoms with E-state index in [2.05, 4.69) is 10.1 Å². The van der Waals surface area contributed by atoms with Crippen LogP contribution in [0.2, 0.25) is 0 Å². The Morgan fingerprint density at radius 2 is 2.20 bits per heavy atom. The van der Waals surface area contributed by atoms with Gasteiger partial charge in [0, 0.05) is 19.5 Å². The summed E-state index contributed by atoms with van der Waals surface area (Å²) in [5, 5.41) is 20.0. The molecule has 0 bridgehead atoms. The number of aliphatic hydroxyl groups is 1. The molecule has 9 nitrogen and oxygen atoms in total. The maximum Gasteiger partial charge on any atom is 0.336 e. The molecule has 0 aromatic rings. The number of carboxylic acid groups (broad SMARTS) is 1. The summed E-state index contributed by atoms with van der Waals surface area (Å²) >= 11 is 0. The highest BCUT2D eigenvalue weighted by molar-refractivity contribution is 5.78. The van der Waals surface area contributed by atoms with Crippen LogP contribution in [0.3, 0.4) is 0 Å². The Hall–Kier alpha value is -1.87. The highest BCUT2D eigenvalue weighted by atomic mass is 16.6. The molecule has 1 unspecified atom stereocenters. The van der Waals surface area contributed by atoms with Crippen LogP contribution in [0.25, 0.3) is 0 Å². The van der Waals surface area contributed by atoms with Gasteiger partial charge < -0.3 is 29.9 Å². The molecule has 1 heterocycles. The highest BCUT2D eigenvalue weighted by Crippen LogP contribution is 2.07. The van der Waals surface area contributed by atoms with Gasteiger partial charge in [-0.15, -0.1) is 0 Å². The van der Waals surface area contributed by atoms with Crippen molar-refractivity contribution in [3.8, 4) is 0 Å². The molecule has 0 radical (unpaired) electrons. The average molecular weight is 290 g/mol. The van der Waals surface area contributed by atoms with Crippen LogP contribution in [0.4, 0.5) is 4.79 Å². The summed E-state index contributed by atoms with van der Waals surface area (Å²) in [6, 6.07) is -0.445. The fourth-order valence-corrected chi connectivity index (χ4v) is 1.66. The monoisotopic (exact) mass is 290 g/mol. The van der Waals surface area contributed by atoms with Gasteiger partial charge in [0.1, 0.15) is 0 Å². The molecule has 0 saturated carbocycles. The number of hydrogen-bond donors (Lipinski definition) is 3. The SMILES string of the molecule is COC(=O)C1CN(C(=O)NCC[C@H](O)C(=O)O)CCO1. The number of methoxy groups -OCH3 is 1. The predicted molar refractivity (Wildman–Crippen MR) is 65.0 cm³/mol. The number of aliphatic carboxylic acids is 1. The van der Waals surface area contributed by atoms with Gasteiger partial charge >= 0.3 is 18.0 Å². The van der Waals surface area contributed by atoms with Crippen molar-refractivity contribution in [2.45, 2.75) is 18.6 Å². The number of carboxylic acids is 1. The molecule has 20 heavy (non-hydrogen) atoms. The molecule has 1 fully saturated rings. The van der Waals surface area contributed by atoms with Crippen LogP contribution in [0.15, 0.2) is 0 Å². The third-order valence-corrected chi connectivity index (χ3v) is 2.80. The van der Waals surface area contributed by atoms with Crippen LogP contribution in [-0.2, 0) is 19.1 Å².